The molecule has 0 atom stereocenters. The van der Waals surface area contributed by atoms with E-state index in [0.717, 1.165) is 49.4 Å². The van der Waals surface area contributed by atoms with Crippen LogP contribution in [0.3, 0.4) is 0 Å². The number of imidazole rings is 1. The zero-order chi connectivity index (χ0) is 30.8. The molecule has 4 aromatic rings. The summed E-state index contributed by atoms with van der Waals surface area (Å²) < 4.78 is 35.4. The van der Waals surface area contributed by atoms with Crippen molar-refractivity contribution in [3.05, 3.63) is 59.9 Å². The number of amides is 1. The summed E-state index contributed by atoms with van der Waals surface area (Å²) in [4.78, 5) is 40.7. The molecule has 0 radical (unpaired) electrons. The van der Waals surface area contributed by atoms with Crippen LogP contribution in [-0.4, -0.2) is 54.6 Å². The van der Waals surface area contributed by atoms with E-state index in [1.54, 1.807) is 22.8 Å². The van der Waals surface area contributed by atoms with Crippen molar-refractivity contribution in [3.8, 4) is 28.7 Å². The second-order valence-corrected chi connectivity index (χ2v) is 11.8. The van der Waals surface area contributed by atoms with Crippen LogP contribution in [0.2, 0.25) is 0 Å². The van der Waals surface area contributed by atoms with Crippen molar-refractivity contribution in [2.75, 3.05) is 23.5 Å². The molecule has 3 aromatic heterocycles. The minimum Gasteiger partial charge on any atom is -0.480 e. The van der Waals surface area contributed by atoms with Crippen LogP contribution in [0.5, 0.6) is 5.88 Å². The Hall–Kier alpha value is -4.48. The third-order valence-electron chi connectivity index (χ3n) is 8.84. The number of hydrogen-bond acceptors (Lipinski definition) is 8. The van der Waals surface area contributed by atoms with Gasteiger partial charge in [-0.3, -0.25) is 4.79 Å². The predicted molar refractivity (Wildman–Crippen MR) is 161 cm³/mol. The van der Waals surface area contributed by atoms with E-state index in [4.69, 9.17) is 14.7 Å². The number of hydrogen-bond donors (Lipinski definition) is 0. The summed E-state index contributed by atoms with van der Waals surface area (Å²) in [6.45, 7) is 6.18. The number of halogens is 2. The van der Waals surface area contributed by atoms with Gasteiger partial charge in [0, 0.05) is 44.2 Å². The number of carbonyl (C=O) groups is 1. The topological polar surface area (TPSA) is 102 Å². The van der Waals surface area contributed by atoms with Gasteiger partial charge in [-0.2, -0.15) is 8.78 Å². The van der Waals surface area contributed by atoms with Crippen LogP contribution in [0, 0.1) is 0 Å². The number of rotatable bonds is 9. The zero-order valence-electron chi connectivity index (χ0n) is 25.2. The van der Waals surface area contributed by atoms with E-state index in [1.807, 2.05) is 38.1 Å². The lowest BCUT2D eigenvalue weighted by molar-refractivity contribution is -0.121. The second-order valence-electron chi connectivity index (χ2n) is 11.8. The van der Waals surface area contributed by atoms with E-state index in [2.05, 4.69) is 19.9 Å². The minimum absolute atomic E-state index is 0.0535. The first-order chi connectivity index (χ1) is 21.2. The summed E-state index contributed by atoms with van der Waals surface area (Å²) in [6, 6.07) is 7.71. The fourth-order valence-electron chi connectivity index (χ4n) is 6.15. The fourth-order valence-corrected chi connectivity index (χ4v) is 6.15. The molecule has 0 unspecified atom stereocenters. The summed E-state index contributed by atoms with van der Waals surface area (Å²) in [5, 5.41) is 0. The number of alkyl halides is 2. The molecule has 228 valence electrons. The van der Waals surface area contributed by atoms with Crippen molar-refractivity contribution in [1.29, 1.82) is 0 Å². The molecular weight excluding hydrogens is 566 g/mol. The van der Waals surface area contributed by atoms with Gasteiger partial charge in [0.15, 0.2) is 11.6 Å². The Balaban J connectivity index is 1.28. The van der Waals surface area contributed by atoms with Gasteiger partial charge in [0.05, 0.1) is 19.0 Å². The highest BCUT2D eigenvalue weighted by atomic mass is 19.3. The van der Waals surface area contributed by atoms with Crippen LogP contribution in [-0.2, 0) is 23.8 Å². The SMILES string of the molecule is CCN1C(=O)C2(CC2)N(Cc2ccc(-c3nc(C(C)(F)F)cn3CC)cc2)c2nc(-c3c(OC)ncnc3C3CC3)ncc21. The molecule has 12 heteroatoms. The Morgan fingerprint density at radius 2 is 1.80 bits per heavy atom. The van der Waals surface area contributed by atoms with Crippen molar-refractivity contribution in [1.82, 2.24) is 29.5 Å². The van der Waals surface area contributed by atoms with Crippen molar-refractivity contribution in [2.24, 2.45) is 0 Å². The molecule has 10 nitrogen and oxygen atoms in total. The largest absolute Gasteiger partial charge is 0.480 e. The number of aryl methyl sites for hydroxylation is 1. The van der Waals surface area contributed by atoms with Gasteiger partial charge in [0.1, 0.15) is 34.6 Å². The molecule has 1 spiro atoms. The van der Waals surface area contributed by atoms with Gasteiger partial charge in [-0.1, -0.05) is 24.3 Å². The van der Waals surface area contributed by atoms with Gasteiger partial charge < -0.3 is 19.1 Å². The fraction of sp³-hybridized carbons (Fsp3) is 0.438. The lowest BCUT2D eigenvalue weighted by Gasteiger charge is -2.42. The molecule has 3 aliphatic rings. The average molecular weight is 601 g/mol. The molecule has 1 aromatic carbocycles. The van der Waals surface area contributed by atoms with Gasteiger partial charge in [-0.25, -0.2) is 24.9 Å². The smallest absolute Gasteiger partial charge is 0.288 e. The number of likely N-dealkylation sites (N-methyl/N-ethyl adjacent to an activating group) is 1. The number of carbonyl (C=O) groups excluding carboxylic acids is 1. The molecule has 44 heavy (non-hydrogen) atoms. The first-order valence-electron chi connectivity index (χ1n) is 15.1. The standard InChI is InChI=1S/C32H34F2N8O2/c1-5-40-17-23(31(3,33)34)38-27(40)21-9-7-19(8-10-21)16-42-28-22(41(6-2)30(43)32(42)13-14-32)15-35-26(39-28)24-25(20-11-12-20)36-18-37-29(24)44-4/h7-10,15,17-18,20H,5-6,11-14,16H2,1-4H3. The maximum Gasteiger partial charge on any atom is 0.288 e. The number of fused-ring (bicyclic) bond motifs is 1. The summed E-state index contributed by atoms with van der Waals surface area (Å²) >= 11 is 0. The number of anilines is 2. The van der Waals surface area contributed by atoms with Gasteiger partial charge in [-0.15, -0.1) is 0 Å². The van der Waals surface area contributed by atoms with E-state index in [9.17, 15) is 13.6 Å². The Bertz CT molecular complexity index is 1740. The first-order valence-corrected chi connectivity index (χ1v) is 15.1. The molecule has 2 aliphatic carbocycles. The van der Waals surface area contributed by atoms with Crippen LogP contribution in [0.15, 0.2) is 43.0 Å². The van der Waals surface area contributed by atoms with Crippen molar-refractivity contribution >= 4 is 17.4 Å². The zero-order valence-corrected chi connectivity index (χ0v) is 25.2. The first kappa shape index (κ1) is 28.3. The normalized spacial score (nSPS) is 17.3. The van der Waals surface area contributed by atoms with Gasteiger partial charge in [0.2, 0.25) is 5.88 Å². The number of ether oxygens (including phenoxy) is 1. The summed E-state index contributed by atoms with van der Waals surface area (Å²) in [5.74, 6) is -0.570. The van der Waals surface area contributed by atoms with Gasteiger partial charge in [0.25, 0.3) is 11.8 Å². The molecule has 1 amide bonds. The highest BCUT2D eigenvalue weighted by Crippen LogP contribution is 2.53. The quantitative estimate of drug-likeness (QED) is 0.240. The van der Waals surface area contributed by atoms with E-state index in [-0.39, 0.29) is 11.6 Å². The number of aromatic nitrogens is 6. The maximum atomic E-state index is 14.0. The van der Waals surface area contributed by atoms with Crippen LogP contribution < -0.4 is 14.5 Å². The van der Waals surface area contributed by atoms with E-state index in [1.165, 1.54) is 12.5 Å². The Kier molecular flexibility index (Phi) is 6.63. The Morgan fingerprint density at radius 1 is 1.05 bits per heavy atom. The monoisotopic (exact) mass is 600 g/mol. The number of methoxy groups -OCH3 is 1. The predicted octanol–water partition coefficient (Wildman–Crippen LogP) is 5.72. The number of benzene rings is 1. The lowest BCUT2D eigenvalue weighted by Crippen LogP contribution is -2.55. The van der Waals surface area contributed by atoms with E-state index in [0.29, 0.717) is 60.1 Å². The summed E-state index contributed by atoms with van der Waals surface area (Å²) in [7, 11) is 1.58. The highest BCUT2D eigenvalue weighted by Gasteiger charge is 2.60. The minimum atomic E-state index is -3.02. The van der Waals surface area contributed by atoms with Crippen molar-refractivity contribution in [2.45, 2.75) is 76.9 Å². The molecule has 0 bridgehead atoms. The average Bonchev–Trinajstić information content (AvgIpc) is 3.97. The van der Waals surface area contributed by atoms with Gasteiger partial charge >= 0.3 is 0 Å². The number of nitrogens with zero attached hydrogens (tertiary/aromatic N) is 8. The van der Waals surface area contributed by atoms with Crippen LogP contribution in [0.1, 0.15) is 69.3 Å². The third kappa shape index (κ3) is 4.58. The lowest BCUT2D eigenvalue weighted by atomic mass is 10.0. The van der Waals surface area contributed by atoms with E-state index >= 15 is 0 Å². The second kappa shape index (κ2) is 10.3. The van der Waals surface area contributed by atoms with Crippen molar-refractivity contribution in [3.63, 3.8) is 0 Å². The van der Waals surface area contributed by atoms with Crippen LogP contribution >= 0.6 is 0 Å². The molecule has 4 heterocycles. The summed E-state index contributed by atoms with van der Waals surface area (Å²) in [6.07, 6.45) is 8.19. The van der Waals surface area contributed by atoms with Crippen LogP contribution in [0.4, 0.5) is 20.3 Å². The summed E-state index contributed by atoms with van der Waals surface area (Å²) in [5.41, 5.74) is 3.01. The molecule has 2 fully saturated rings. The van der Waals surface area contributed by atoms with Crippen LogP contribution in [0.25, 0.3) is 22.8 Å². The van der Waals surface area contributed by atoms with Crippen molar-refractivity contribution < 1.29 is 18.3 Å². The van der Waals surface area contributed by atoms with E-state index < -0.39 is 11.5 Å². The molecule has 0 saturated heterocycles. The highest BCUT2D eigenvalue weighted by molar-refractivity contribution is 6.09. The molecule has 2 saturated carbocycles. The third-order valence-corrected chi connectivity index (χ3v) is 8.84. The molecule has 0 N–H and O–H groups in total. The van der Waals surface area contributed by atoms with Gasteiger partial charge in [-0.05, 0) is 45.1 Å². The molecular formula is C32H34F2N8O2. The maximum absolute atomic E-state index is 14.0. The molecule has 7 rings (SSSR count). The Morgan fingerprint density at radius 3 is 2.41 bits per heavy atom. The Labute approximate surface area is 254 Å². The molecule has 1 aliphatic heterocycles.